The average Bonchev–Trinajstić information content (AvgIpc) is 2.97. The van der Waals surface area contributed by atoms with Crippen LogP contribution in [0.4, 0.5) is 8.63 Å². The van der Waals surface area contributed by atoms with Gasteiger partial charge in [0.15, 0.2) is 5.78 Å². The van der Waals surface area contributed by atoms with Crippen LogP contribution in [-0.4, -0.2) is 25.3 Å². The van der Waals surface area contributed by atoms with Gasteiger partial charge in [-0.25, -0.2) is 8.63 Å². The third-order valence-electron chi connectivity index (χ3n) is 9.27. The molecule has 4 nitrogen and oxygen atoms in total. The van der Waals surface area contributed by atoms with Crippen LogP contribution in [0.15, 0.2) is 11.3 Å². The van der Waals surface area contributed by atoms with Gasteiger partial charge in [-0.1, -0.05) is 13.8 Å². The second-order valence-corrected chi connectivity index (χ2v) is 10.6. The summed E-state index contributed by atoms with van der Waals surface area (Å²) in [5, 5.41) is 0. The molecule has 0 unspecified atom stereocenters. The molecule has 0 aromatic heterocycles. The van der Waals surface area contributed by atoms with Crippen LogP contribution in [0.3, 0.4) is 0 Å². The van der Waals surface area contributed by atoms with Crippen molar-refractivity contribution in [2.45, 2.75) is 85.2 Å². The number of rotatable bonds is 4. The Bertz CT molecular complexity index is 768. The summed E-state index contributed by atoms with van der Waals surface area (Å²) >= 11 is 0. The van der Waals surface area contributed by atoms with E-state index in [9.17, 15) is 18.2 Å². The van der Waals surface area contributed by atoms with Gasteiger partial charge in [0.2, 0.25) is 0 Å². The molecule has 0 aromatic carbocycles. The molecule has 4 aliphatic carbocycles. The molecule has 0 aliphatic heterocycles. The molecule has 0 spiro atoms. The molecule has 166 valence electrons. The highest BCUT2D eigenvalue weighted by Crippen LogP contribution is 2.67. The predicted molar refractivity (Wildman–Crippen MR) is 109 cm³/mol. The van der Waals surface area contributed by atoms with E-state index >= 15 is 0 Å². The van der Waals surface area contributed by atoms with E-state index in [0.717, 1.165) is 38.5 Å². The monoisotopic (exact) mass is 422 g/mol. The second kappa shape index (κ2) is 7.63. The topological polar surface area (TPSA) is 52.6 Å². The molecule has 0 bridgehead atoms. The van der Waals surface area contributed by atoms with E-state index in [0.29, 0.717) is 36.2 Å². The number of esters is 1. The first-order valence-corrected chi connectivity index (χ1v) is 11.4. The van der Waals surface area contributed by atoms with E-state index in [1.165, 1.54) is 13.8 Å². The average molecular weight is 422 g/mol. The first kappa shape index (κ1) is 21.8. The van der Waals surface area contributed by atoms with Crippen molar-refractivity contribution in [3.8, 4) is 0 Å². The van der Waals surface area contributed by atoms with Crippen molar-refractivity contribution >= 4 is 19.2 Å². The number of fused-ring (bicyclic) bond motifs is 5. The number of carbonyl (C=O) groups excluding carboxylic acids is 2. The van der Waals surface area contributed by atoms with Crippen LogP contribution >= 0.6 is 0 Å². The van der Waals surface area contributed by atoms with E-state index in [1.807, 2.05) is 0 Å². The van der Waals surface area contributed by atoms with Crippen molar-refractivity contribution < 1.29 is 27.6 Å². The molecule has 3 saturated carbocycles. The van der Waals surface area contributed by atoms with Gasteiger partial charge in [-0.2, -0.15) is 0 Å². The third kappa shape index (κ3) is 3.40. The Morgan fingerprint density at radius 1 is 1.00 bits per heavy atom. The van der Waals surface area contributed by atoms with Gasteiger partial charge in [-0.3, -0.25) is 9.59 Å². The molecule has 0 radical (unpaired) electrons. The summed E-state index contributed by atoms with van der Waals surface area (Å²) in [4.78, 5) is 23.9. The van der Waals surface area contributed by atoms with Gasteiger partial charge in [0.05, 0.1) is 5.76 Å². The van der Waals surface area contributed by atoms with Gasteiger partial charge >= 0.3 is 13.4 Å². The van der Waals surface area contributed by atoms with Crippen molar-refractivity contribution in [1.29, 1.82) is 0 Å². The zero-order valence-corrected chi connectivity index (χ0v) is 18.5. The van der Waals surface area contributed by atoms with E-state index in [1.54, 1.807) is 0 Å². The van der Waals surface area contributed by atoms with Gasteiger partial charge in [-0.05, 0) is 81.0 Å². The first-order chi connectivity index (χ1) is 14.1. The van der Waals surface area contributed by atoms with Crippen LogP contribution in [0.25, 0.3) is 0 Å². The minimum Gasteiger partial charge on any atom is -0.508 e. The summed E-state index contributed by atoms with van der Waals surface area (Å²) in [6, 6.07) is 0. The first-order valence-electron chi connectivity index (χ1n) is 11.4. The number of allylic oxidation sites excluding steroid dienone is 2. The Balaban J connectivity index is 1.61. The summed E-state index contributed by atoms with van der Waals surface area (Å²) in [6.45, 7) is 7.52. The lowest BCUT2D eigenvalue weighted by Crippen LogP contribution is -2.54. The highest BCUT2D eigenvalue weighted by atomic mass is 19.2. The second-order valence-electron chi connectivity index (χ2n) is 10.6. The highest BCUT2D eigenvalue weighted by molar-refractivity contribution is 6.34. The molecular formula is C23H33BF2O4. The molecule has 7 atom stereocenters. The molecule has 0 amide bonds. The molecule has 4 aliphatic rings. The van der Waals surface area contributed by atoms with E-state index < -0.39 is 7.47 Å². The molecular weight excluding hydrogens is 389 g/mol. The molecule has 0 heterocycles. The minimum absolute atomic E-state index is 0.00319. The zero-order chi connectivity index (χ0) is 21.8. The number of hydrogen-bond donors (Lipinski definition) is 0. The van der Waals surface area contributed by atoms with Gasteiger partial charge < -0.3 is 9.39 Å². The maximum absolute atomic E-state index is 13.0. The van der Waals surface area contributed by atoms with Crippen molar-refractivity contribution in [2.24, 2.45) is 34.5 Å². The summed E-state index contributed by atoms with van der Waals surface area (Å²) in [5.41, 5.74) is 0.417. The number of carbonyl (C=O) groups is 2. The Morgan fingerprint density at radius 3 is 2.33 bits per heavy atom. The summed E-state index contributed by atoms with van der Waals surface area (Å²) in [6.07, 6.45) is 7.08. The number of Topliss-reactive ketones (excluding diaryl/α,β-unsaturated/α-hetero) is 1. The smallest absolute Gasteiger partial charge is 0.508 e. The van der Waals surface area contributed by atoms with Gasteiger partial charge in [0, 0.05) is 24.3 Å². The molecule has 7 heteroatoms. The van der Waals surface area contributed by atoms with Crippen LogP contribution in [0, 0.1) is 34.5 Å². The Kier molecular flexibility index (Phi) is 5.55. The molecule has 0 aromatic rings. The van der Waals surface area contributed by atoms with Gasteiger partial charge in [0.25, 0.3) is 0 Å². The lowest BCUT2D eigenvalue weighted by atomic mass is 9.45. The minimum atomic E-state index is -2.89. The van der Waals surface area contributed by atoms with Crippen LogP contribution in [0.5, 0.6) is 0 Å². The molecule has 0 saturated heterocycles. The summed E-state index contributed by atoms with van der Waals surface area (Å²) in [5.74, 6) is 1.66. The molecule has 4 rings (SSSR count). The predicted octanol–water partition coefficient (Wildman–Crippen LogP) is 5.35. The van der Waals surface area contributed by atoms with Crippen molar-refractivity contribution in [3.05, 3.63) is 11.3 Å². The van der Waals surface area contributed by atoms with Gasteiger partial charge in [0.1, 0.15) is 6.10 Å². The number of halogens is 2. The van der Waals surface area contributed by atoms with Crippen LogP contribution in [0.2, 0.25) is 0 Å². The largest absolute Gasteiger partial charge is 0.796 e. The highest BCUT2D eigenvalue weighted by Gasteiger charge is 2.61. The molecule has 3 fully saturated rings. The van der Waals surface area contributed by atoms with Crippen molar-refractivity contribution in [2.75, 3.05) is 0 Å². The summed E-state index contributed by atoms with van der Waals surface area (Å²) in [7, 11) is -2.89. The molecule has 30 heavy (non-hydrogen) atoms. The standard InChI is InChI=1S/C23H33BF2O4/c1-13(27)17-12-23(4)15(11-20(17)30-24(25)26)5-6-16-18-7-8-21(29-14(2)28)22(18,3)10-9-19(16)23/h15-16,18-19,21H,5-12H2,1-4H3/t15-,16-,18-,19-,21-,22-,23-/m0/s1. The van der Waals surface area contributed by atoms with Crippen molar-refractivity contribution in [3.63, 3.8) is 0 Å². The quantitative estimate of drug-likeness (QED) is 0.453. The van der Waals surface area contributed by atoms with Gasteiger partial charge in [-0.15, -0.1) is 0 Å². The van der Waals surface area contributed by atoms with E-state index in [2.05, 4.69) is 13.8 Å². The van der Waals surface area contributed by atoms with Crippen molar-refractivity contribution in [1.82, 2.24) is 0 Å². The molecule has 0 N–H and O–H groups in total. The number of hydrogen-bond acceptors (Lipinski definition) is 4. The summed E-state index contributed by atoms with van der Waals surface area (Å²) < 4.78 is 36.4. The Hall–Kier alpha value is -1.40. The number of ether oxygens (including phenoxy) is 1. The fourth-order valence-electron chi connectivity index (χ4n) is 7.87. The zero-order valence-electron chi connectivity index (χ0n) is 18.5. The van der Waals surface area contributed by atoms with E-state index in [4.69, 9.17) is 9.39 Å². The fraction of sp³-hybridized carbons (Fsp3) is 0.826. The number of ketones is 1. The van der Waals surface area contributed by atoms with Crippen LogP contribution < -0.4 is 0 Å². The Labute approximate surface area is 178 Å². The SMILES string of the molecule is CC(=O)O[C@H]1CC[C@H]2[C@@H]3CC[C@H]4CC(OB(F)F)=C(C(C)=O)C[C@]4(C)[C@H]3CC[C@]12C. The Morgan fingerprint density at radius 2 is 1.70 bits per heavy atom. The van der Waals surface area contributed by atoms with E-state index in [-0.39, 0.29) is 40.4 Å². The lowest BCUT2D eigenvalue weighted by molar-refractivity contribution is -0.160. The maximum atomic E-state index is 13.0. The lowest BCUT2D eigenvalue weighted by Gasteiger charge is -2.60. The van der Waals surface area contributed by atoms with Crippen LogP contribution in [-0.2, 0) is 19.0 Å². The maximum Gasteiger partial charge on any atom is 0.796 e. The van der Waals surface area contributed by atoms with Crippen LogP contribution in [0.1, 0.15) is 79.1 Å². The fourth-order valence-corrected chi connectivity index (χ4v) is 7.87. The normalized spacial score (nSPS) is 42.7. The third-order valence-corrected chi connectivity index (χ3v) is 9.27.